The number of anilines is 2. The van der Waals surface area contributed by atoms with Gasteiger partial charge in [0.25, 0.3) is 5.91 Å². The molecule has 144 valence electrons. The average Bonchev–Trinajstić information content (AvgIpc) is 3.07. The molecule has 1 amide bonds. The summed E-state index contributed by atoms with van der Waals surface area (Å²) >= 11 is 7.13. The second kappa shape index (κ2) is 8.03. The lowest BCUT2D eigenvalue weighted by molar-refractivity contribution is 0.103. The van der Waals surface area contributed by atoms with Crippen LogP contribution in [0, 0.1) is 6.92 Å². The second-order valence-corrected chi connectivity index (χ2v) is 7.86. The summed E-state index contributed by atoms with van der Waals surface area (Å²) in [5.74, 6) is -0.288. The van der Waals surface area contributed by atoms with Crippen molar-refractivity contribution in [2.75, 3.05) is 11.1 Å². The molecule has 0 radical (unpaired) electrons. The van der Waals surface area contributed by atoms with Gasteiger partial charge in [-0.15, -0.1) is 16.4 Å². The van der Waals surface area contributed by atoms with Gasteiger partial charge in [0, 0.05) is 21.7 Å². The maximum absolute atomic E-state index is 12.8. The second-order valence-electron chi connectivity index (χ2n) is 6.43. The zero-order valence-corrected chi connectivity index (χ0v) is 17.1. The van der Waals surface area contributed by atoms with E-state index in [4.69, 9.17) is 17.3 Å². The number of halogens is 1. The summed E-state index contributed by atoms with van der Waals surface area (Å²) in [7, 11) is 0. The van der Waals surface area contributed by atoms with Gasteiger partial charge < -0.3 is 11.1 Å². The van der Waals surface area contributed by atoms with Gasteiger partial charge in [0.05, 0.1) is 11.4 Å². The molecule has 0 aliphatic heterocycles. The third-order valence-corrected chi connectivity index (χ3v) is 5.77. The lowest BCUT2D eigenvalue weighted by atomic mass is 10.1. The van der Waals surface area contributed by atoms with E-state index in [1.807, 2.05) is 49.4 Å². The Morgan fingerprint density at radius 3 is 2.52 bits per heavy atom. The average molecular weight is 421 g/mol. The summed E-state index contributed by atoms with van der Waals surface area (Å²) < 4.78 is 0. The minimum atomic E-state index is -0.288. The molecule has 0 spiro atoms. The fourth-order valence-electron chi connectivity index (χ4n) is 2.95. The van der Waals surface area contributed by atoms with Crippen molar-refractivity contribution in [1.82, 2.24) is 10.2 Å². The van der Waals surface area contributed by atoms with Crippen molar-refractivity contribution in [2.45, 2.75) is 6.92 Å². The Balaban J connectivity index is 1.72. The van der Waals surface area contributed by atoms with Crippen molar-refractivity contribution in [3.05, 3.63) is 81.3 Å². The summed E-state index contributed by atoms with van der Waals surface area (Å²) in [5, 5.41) is 12.7. The number of nitrogens with two attached hydrogens (primary N) is 1. The first-order valence-corrected chi connectivity index (χ1v) is 10.1. The van der Waals surface area contributed by atoms with Gasteiger partial charge in [-0.2, -0.15) is 5.10 Å². The maximum atomic E-state index is 12.8. The number of aromatic nitrogens is 2. The first kappa shape index (κ1) is 19.1. The van der Waals surface area contributed by atoms with Gasteiger partial charge in [0.1, 0.15) is 9.71 Å². The highest BCUT2D eigenvalue weighted by molar-refractivity contribution is 7.21. The van der Waals surface area contributed by atoms with Crippen LogP contribution in [0.3, 0.4) is 0 Å². The number of rotatable bonds is 4. The van der Waals surface area contributed by atoms with Crippen LogP contribution in [-0.2, 0) is 0 Å². The molecular formula is C22H17ClN4OS. The Morgan fingerprint density at radius 2 is 1.79 bits per heavy atom. The van der Waals surface area contributed by atoms with Crippen LogP contribution < -0.4 is 11.1 Å². The van der Waals surface area contributed by atoms with E-state index in [1.54, 1.807) is 24.3 Å². The Morgan fingerprint density at radius 1 is 1.07 bits per heavy atom. The van der Waals surface area contributed by atoms with Gasteiger partial charge >= 0.3 is 0 Å². The number of thiophene rings is 1. The highest BCUT2D eigenvalue weighted by Gasteiger charge is 2.20. The van der Waals surface area contributed by atoms with Crippen LogP contribution in [0.5, 0.6) is 0 Å². The number of fused-ring (bicyclic) bond motifs is 1. The molecule has 0 aliphatic rings. The molecule has 0 unspecified atom stereocenters. The number of nitrogens with zero attached hydrogens (tertiary/aromatic N) is 2. The zero-order chi connectivity index (χ0) is 20.4. The SMILES string of the molecule is Cc1nnc2sc(C(=O)Nc3ccc(Cl)cc3)c(N)c2c1/C=C\c1ccccc1. The van der Waals surface area contributed by atoms with Gasteiger partial charge in [-0.05, 0) is 36.8 Å². The quantitative estimate of drug-likeness (QED) is 0.446. The van der Waals surface area contributed by atoms with Crippen molar-refractivity contribution in [2.24, 2.45) is 0 Å². The third kappa shape index (κ3) is 3.99. The molecule has 7 heteroatoms. The number of hydrogen-bond acceptors (Lipinski definition) is 5. The molecule has 0 bridgehead atoms. The summed E-state index contributed by atoms with van der Waals surface area (Å²) in [6.07, 6.45) is 3.96. The molecule has 0 aliphatic carbocycles. The molecule has 0 saturated carbocycles. The van der Waals surface area contributed by atoms with Gasteiger partial charge in [0.15, 0.2) is 0 Å². The number of aryl methyl sites for hydroxylation is 1. The molecule has 29 heavy (non-hydrogen) atoms. The highest BCUT2D eigenvalue weighted by atomic mass is 35.5. The Labute approximate surface area is 176 Å². The van der Waals surface area contributed by atoms with E-state index in [1.165, 1.54) is 11.3 Å². The summed E-state index contributed by atoms with van der Waals surface area (Å²) in [6, 6.07) is 16.9. The van der Waals surface area contributed by atoms with Gasteiger partial charge in [-0.1, -0.05) is 54.1 Å². The van der Waals surface area contributed by atoms with E-state index in [0.717, 1.165) is 22.2 Å². The van der Waals surface area contributed by atoms with Crippen LogP contribution in [0.1, 0.15) is 26.5 Å². The Kier molecular flexibility index (Phi) is 5.29. The number of carbonyl (C=O) groups is 1. The predicted octanol–water partition coefficient (Wildman–Crippen LogP) is 5.66. The standard InChI is InChI=1S/C22H17ClN4OS/c1-13-17(12-7-14-5-3-2-4-6-14)18-19(24)20(29-22(18)27-26-13)21(28)25-16-10-8-15(23)9-11-16/h2-12H,24H2,1H3,(H,25,28)/b12-7-. The van der Waals surface area contributed by atoms with E-state index in [9.17, 15) is 4.79 Å². The minimum absolute atomic E-state index is 0.288. The predicted molar refractivity (Wildman–Crippen MR) is 121 cm³/mol. The molecule has 2 aromatic carbocycles. The summed E-state index contributed by atoms with van der Waals surface area (Å²) in [5.41, 5.74) is 10.1. The van der Waals surface area contributed by atoms with Crippen molar-refractivity contribution < 1.29 is 4.79 Å². The number of carbonyl (C=O) groups excluding carboxylic acids is 1. The number of benzene rings is 2. The summed E-state index contributed by atoms with van der Waals surface area (Å²) in [6.45, 7) is 1.88. The van der Waals surface area contributed by atoms with Gasteiger partial charge in [0.2, 0.25) is 0 Å². The smallest absolute Gasteiger partial charge is 0.267 e. The maximum Gasteiger partial charge on any atom is 0.267 e. The van der Waals surface area contributed by atoms with Crippen LogP contribution >= 0.6 is 22.9 Å². The number of amides is 1. The minimum Gasteiger partial charge on any atom is -0.397 e. The first-order chi connectivity index (χ1) is 14.0. The Bertz CT molecular complexity index is 1220. The molecule has 3 N–H and O–H groups in total. The number of nitrogen functional groups attached to an aromatic ring is 1. The summed E-state index contributed by atoms with van der Waals surface area (Å²) in [4.78, 5) is 13.8. The van der Waals surface area contributed by atoms with E-state index < -0.39 is 0 Å². The molecule has 2 heterocycles. The van der Waals surface area contributed by atoms with Crippen molar-refractivity contribution in [1.29, 1.82) is 0 Å². The normalized spacial score (nSPS) is 11.2. The van der Waals surface area contributed by atoms with E-state index in [2.05, 4.69) is 15.5 Å². The third-order valence-electron chi connectivity index (χ3n) is 4.43. The lowest BCUT2D eigenvalue weighted by Gasteiger charge is -2.05. The van der Waals surface area contributed by atoms with E-state index in [-0.39, 0.29) is 5.91 Å². The fourth-order valence-corrected chi connectivity index (χ4v) is 4.03. The van der Waals surface area contributed by atoms with Gasteiger partial charge in [-0.3, -0.25) is 4.79 Å². The van der Waals surface area contributed by atoms with Crippen molar-refractivity contribution in [3.63, 3.8) is 0 Å². The lowest BCUT2D eigenvalue weighted by Crippen LogP contribution is -2.11. The number of hydrogen-bond donors (Lipinski definition) is 2. The van der Waals surface area contributed by atoms with E-state index >= 15 is 0 Å². The monoisotopic (exact) mass is 420 g/mol. The Hall–Kier alpha value is -3.22. The highest BCUT2D eigenvalue weighted by Crippen LogP contribution is 2.36. The molecule has 2 aromatic heterocycles. The van der Waals surface area contributed by atoms with Gasteiger partial charge in [-0.25, -0.2) is 0 Å². The molecule has 0 saturated heterocycles. The van der Waals surface area contributed by atoms with Crippen LogP contribution in [0.25, 0.3) is 22.4 Å². The zero-order valence-electron chi connectivity index (χ0n) is 15.5. The van der Waals surface area contributed by atoms with Crippen molar-refractivity contribution in [3.8, 4) is 0 Å². The van der Waals surface area contributed by atoms with Crippen LogP contribution in [0.4, 0.5) is 11.4 Å². The molecule has 4 aromatic rings. The van der Waals surface area contributed by atoms with Crippen LogP contribution in [-0.4, -0.2) is 16.1 Å². The molecule has 4 rings (SSSR count). The van der Waals surface area contributed by atoms with Crippen LogP contribution in [0.2, 0.25) is 5.02 Å². The first-order valence-electron chi connectivity index (χ1n) is 8.88. The largest absolute Gasteiger partial charge is 0.397 e. The van der Waals surface area contributed by atoms with E-state index in [0.29, 0.717) is 26.1 Å². The molecular weight excluding hydrogens is 404 g/mol. The molecule has 5 nitrogen and oxygen atoms in total. The fraction of sp³-hybridized carbons (Fsp3) is 0.0455. The molecule has 0 fully saturated rings. The van der Waals surface area contributed by atoms with Crippen molar-refractivity contribution >= 4 is 62.6 Å². The number of nitrogens with one attached hydrogen (secondary N) is 1. The topological polar surface area (TPSA) is 80.9 Å². The molecule has 0 atom stereocenters. The van der Waals surface area contributed by atoms with Crippen LogP contribution in [0.15, 0.2) is 54.6 Å².